The fraction of sp³-hybridized carbons (Fsp3) is 0.296. The van der Waals surface area contributed by atoms with Crippen molar-refractivity contribution in [3.05, 3.63) is 90.0 Å². The Morgan fingerprint density at radius 2 is 1.62 bits per heavy atom. The van der Waals surface area contributed by atoms with Crippen molar-refractivity contribution < 1.29 is 9.90 Å². The lowest BCUT2D eigenvalue weighted by Crippen LogP contribution is -2.36. The van der Waals surface area contributed by atoms with Gasteiger partial charge in [0.2, 0.25) is 0 Å². The maximum absolute atomic E-state index is 13.3. The molecule has 0 aromatic heterocycles. The van der Waals surface area contributed by atoms with Gasteiger partial charge in [-0.3, -0.25) is 4.79 Å². The van der Waals surface area contributed by atoms with E-state index in [2.05, 4.69) is 40.5 Å². The zero-order valence-corrected chi connectivity index (χ0v) is 18.9. The molecule has 2 fully saturated rings. The van der Waals surface area contributed by atoms with Crippen LogP contribution in [0.25, 0.3) is 11.1 Å². The molecule has 3 aromatic carbocycles. The number of likely N-dealkylation sites (tertiary alicyclic amines) is 1. The van der Waals surface area contributed by atoms with Crippen LogP contribution in [0.4, 0.5) is 0 Å². The first-order valence-corrected chi connectivity index (χ1v) is 11.1. The quantitative estimate of drug-likeness (QED) is 0.590. The van der Waals surface area contributed by atoms with E-state index in [0.29, 0.717) is 5.92 Å². The van der Waals surface area contributed by atoms with Crippen LogP contribution in [0.1, 0.15) is 22.3 Å². The molecule has 32 heavy (non-hydrogen) atoms. The normalized spacial score (nSPS) is 21.8. The number of hydrogen-bond donors (Lipinski definition) is 2. The summed E-state index contributed by atoms with van der Waals surface area (Å²) in [6.45, 7) is 3.66. The van der Waals surface area contributed by atoms with Gasteiger partial charge < -0.3 is 15.3 Å². The number of carbonyl (C=O) groups excluding carboxylic acids is 1. The minimum Gasteiger partial charge on any atom is -0.508 e. The first-order valence-electron chi connectivity index (χ1n) is 11.1. The molecule has 166 valence electrons. The summed E-state index contributed by atoms with van der Waals surface area (Å²) in [5.74, 6) is 0.910. The fourth-order valence-electron chi connectivity index (χ4n) is 5.22. The molecule has 5 heteroatoms. The molecule has 5 rings (SSSR count). The summed E-state index contributed by atoms with van der Waals surface area (Å²) >= 11 is 0. The molecule has 2 aliphatic rings. The lowest BCUT2D eigenvalue weighted by atomic mass is 9.76. The maximum atomic E-state index is 13.3. The minimum absolute atomic E-state index is 0. The number of nitrogens with zero attached hydrogens (tertiary/aromatic N) is 1. The minimum atomic E-state index is 0. The monoisotopic (exact) mass is 448 g/mol. The first kappa shape index (κ1) is 22.4. The summed E-state index contributed by atoms with van der Waals surface area (Å²) in [5.41, 5.74) is 4.36. The number of phenolic OH excluding ortho intramolecular Hbond substituents is 1. The van der Waals surface area contributed by atoms with Crippen molar-refractivity contribution in [2.24, 2.45) is 11.3 Å². The predicted octanol–water partition coefficient (Wildman–Crippen LogP) is 4.78. The number of fused-ring (bicyclic) bond motifs is 1. The van der Waals surface area contributed by atoms with Gasteiger partial charge in [0.05, 0.1) is 0 Å². The highest BCUT2D eigenvalue weighted by molar-refractivity contribution is 5.95. The number of aryl methyl sites for hydroxylation is 1. The van der Waals surface area contributed by atoms with E-state index in [1.807, 2.05) is 36.4 Å². The summed E-state index contributed by atoms with van der Waals surface area (Å²) in [6, 6.07) is 25.6. The highest BCUT2D eigenvalue weighted by Gasteiger charge is 2.50. The molecule has 0 bridgehead atoms. The molecule has 2 heterocycles. The Morgan fingerprint density at radius 3 is 2.31 bits per heavy atom. The highest BCUT2D eigenvalue weighted by Crippen LogP contribution is 2.43. The van der Waals surface area contributed by atoms with Crippen LogP contribution in [0.15, 0.2) is 78.9 Å². The number of nitrogens with one attached hydrogen (secondary N) is 1. The van der Waals surface area contributed by atoms with E-state index in [1.54, 1.807) is 12.1 Å². The van der Waals surface area contributed by atoms with Gasteiger partial charge in [-0.15, -0.1) is 12.4 Å². The highest BCUT2D eigenvalue weighted by atomic mass is 35.5. The van der Waals surface area contributed by atoms with Crippen LogP contribution < -0.4 is 5.32 Å². The number of halogens is 1. The lowest BCUT2D eigenvalue weighted by Gasteiger charge is -2.28. The molecule has 0 spiro atoms. The van der Waals surface area contributed by atoms with Crippen molar-refractivity contribution in [3.8, 4) is 16.9 Å². The molecular formula is C27H29ClN2O2. The largest absolute Gasteiger partial charge is 0.508 e. The molecule has 2 N–H and O–H groups in total. The van der Waals surface area contributed by atoms with E-state index in [-0.39, 0.29) is 29.5 Å². The molecule has 3 aromatic rings. The third-order valence-electron chi connectivity index (χ3n) is 7.05. The van der Waals surface area contributed by atoms with Gasteiger partial charge in [0.15, 0.2) is 0 Å². The summed E-state index contributed by atoms with van der Waals surface area (Å²) in [4.78, 5) is 15.3. The summed E-state index contributed by atoms with van der Waals surface area (Å²) < 4.78 is 0. The Kier molecular flexibility index (Phi) is 6.54. The first-order chi connectivity index (χ1) is 15.1. The summed E-state index contributed by atoms with van der Waals surface area (Å²) in [5, 5.41) is 13.1. The van der Waals surface area contributed by atoms with Crippen LogP contribution >= 0.6 is 12.4 Å². The number of benzene rings is 3. The van der Waals surface area contributed by atoms with Crippen molar-refractivity contribution in [1.29, 1.82) is 0 Å². The topological polar surface area (TPSA) is 52.6 Å². The van der Waals surface area contributed by atoms with Gasteiger partial charge in [0, 0.05) is 37.2 Å². The van der Waals surface area contributed by atoms with Crippen molar-refractivity contribution in [1.82, 2.24) is 10.2 Å². The Morgan fingerprint density at radius 1 is 0.969 bits per heavy atom. The average molecular weight is 449 g/mol. The zero-order valence-electron chi connectivity index (χ0n) is 18.0. The standard InChI is InChI=1S/C27H28N2O2.ClH/c30-25-12-10-22(11-13-25)21-6-8-23(9-7-21)26(31)29-17-24-16-28-18-27(24,19-29)15-14-20-4-2-1-3-5-20;/h1-13,24,28,30H,14-19H2;1H. The Balaban J connectivity index is 0.00000245. The van der Waals surface area contributed by atoms with E-state index < -0.39 is 0 Å². The molecule has 0 radical (unpaired) electrons. The van der Waals surface area contributed by atoms with E-state index in [9.17, 15) is 9.90 Å². The summed E-state index contributed by atoms with van der Waals surface area (Å²) in [7, 11) is 0. The van der Waals surface area contributed by atoms with Crippen molar-refractivity contribution >= 4 is 18.3 Å². The van der Waals surface area contributed by atoms with Crippen LogP contribution in [0, 0.1) is 11.3 Å². The smallest absolute Gasteiger partial charge is 0.253 e. The SMILES string of the molecule is Cl.O=C(c1ccc(-c2ccc(O)cc2)cc1)N1CC2CNCC2(CCc2ccccc2)C1. The molecule has 0 saturated carbocycles. The van der Waals surface area contributed by atoms with Gasteiger partial charge >= 0.3 is 0 Å². The van der Waals surface area contributed by atoms with Gasteiger partial charge in [-0.2, -0.15) is 0 Å². The molecule has 2 unspecified atom stereocenters. The van der Waals surface area contributed by atoms with Crippen LogP contribution in [0.2, 0.25) is 0 Å². The maximum Gasteiger partial charge on any atom is 0.253 e. The molecule has 4 nitrogen and oxygen atoms in total. The number of aromatic hydroxyl groups is 1. The molecule has 2 saturated heterocycles. The van der Waals surface area contributed by atoms with E-state index in [1.165, 1.54) is 5.56 Å². The van der Waals surface area contributed by atoms with Crippen LogP contribution in [0.3, 0.4) is 0 Å². The van der Waals surface area contributed by atoms with Gasteiger partial charge in [0.25, 0.3) is 5.91 Å². The van der Waals surface area contributed by atoms with Gasteiger partial charge in [-0.1, -0.05) is 54.6 Å². The molecule has 1 amide bonds. The second-order valence-corrected chi connectivity index (χ2v) is 8.99. The van der Waals surface area contributed by atoms with Crippen LogP contribution in [0.5, 0.6) is 5.75 Å². The zero-order chi connectivity index (χ0) is 21.3. The Labute approximate surface area is 195 Å². The van der Waals surface area contributed by atoms with E-state index in [4.69, 9.17) is 0 Å². The van der Waals surface area contributed by atoms with E-state index >= 15 is 0 Å². The third kappa shape index (κ3) is 4.38. The van der Waals surface area contributed by atoms with Crippen molar-refractivity contribution in [2.45, 2.75) is 12.8 Å². The van der Waals surface area contributed by atoms with E-state index in [0.717, 1.165) is 55.7 Å². The molecular weight excluding hydrogens is 420 g/mol. The van der Waals surface area contributed by atoms with Crippen LogP contribution in [-0.2, 0) is 6.42 Å². The fourth-order valence-corrected chi connectivity index (χ4v) is 5.22. The predicted molar refractivity (Wildman–Crippen MR) is 130 cm³/mol. The second-order valence-electron chi connectivity index (χ2n) is 8.99. The Bertz CT molecular complexity index is 1050. The van der Waals surface area contributed by atoms with Gasteiger partial charge in [-0.25, -0.2) is 0 Å². The molecule has 2 aliphatic heterocycles. The third-order valence-corrected chi connectivity index (χ3v) is 7.05. The summed E-state index contributed by atoms with van der Waals surface area (Å²) in [6.07, 6.45) is 2.17. The number of rotatable bonds is 5. The number of hydrogen-bond acceptors (Lipinski definition) is 3. The Hall–Kier alpha value is -2.82. The van der Waals surface area contributed by atoms with Crippen molar-refractivity contribution in [3.63, 3.8) is 0 Å². The second kappa shape index (κ2) is 9.35. The van der Waals surface area contributed by atoms with Gasteiger partial charge in [-0.05, 0) is 59.7 Å². The molecule has 0 aliphatic carbocycles. The lowest BCUT2D eigenvalue weighted by molar-refractivity contribution is 0.0769. The average Bonchev–Trinajstić information content (AvgIpc) is 3.36. The van der Waals surface area contributed by atoms with Gasteiger partial charge in [0.1, 0.15) is 5.75 Å². The van der Waals surface area contributed by atoms with Crippen molar-refractivity contribution in [2.75, 3.05) is 26.2 Å². The molecule has 2 atom stereocenters. The number of carbonyl (C=O) groups is 1. The number of amides is 1. The number of phenols is 1. The van der Waals surface area contributed by atoms with Crippen LogP contribution in [-0.4, -0.2) is 42.1 Å².